The van der Waals surface area contributed by atoms with Crippen LogP contribution >= 0.6 is 0 Å². The summed E-state index contributed by atoms with van der Waals surface area (Å²) in [6.45, 7) is 4.32. The van der Waals surface area contributed by atoms with Crippen molar-refractivity contribution >= 4 is 5.78 Å². The van der Waals surface area contributed by atoms with Gasteiger partial charge in [0.25, 0.3) is 0 Å². The minimum atomic E-state index is 0.0201. The third-order valence-corrected chi connectivity index (χ3v) is 3.31. The van der Waals surface area contributed by atoms with Gasteiger partial charge in [-0.2, -0.15) is 0 Å². The number of hydrogen-bond donors (Lipinski definition) is 1. The smallest absolute Gasteiger partial charge is 0.159 e. The Morgan fingerprint density at radius 3 is 2.35 bits per heavy atom. The van der Waals surface area contributed by atoms with Gasteiger partial charge in [-0.05, 0) is 23.0 Å². The lowest BCUT2D eigenvalue weighted by atomic mass is 9.85. The fourth-order valence-electron chi connectivity index (χ4n) is 2.26. The molecular weight excluding hydrogens is 212 g/mol. The highest BCUT2D eigenvalue weighted by Gasteiger charge is 2.21. The van der Waals surface area contributed by atoms with E-state index in [1.807, 2.05) is 0 Å². The van der Waals surface area contributed by atoms with Gasteiger partial charge < -0.3 is 5.11 Å². The molecule has 1 aliphatic carbocycles. The average Bonchev–Trinajstić information content (AvgIpc) is 2.28. The summed E-state index contributed by atoms with van der Waals surface area (Å²) in [5.41, 5.74) is 2.44. The second-order valence-electron chi connectivity index (χ2n) is 5.03. The van der Waals surface area contributed by atoms with E-state index in [0.29, 0.717) is 18.8 Å². The molecule has 17 heavy (non-hydrogen) atoms. The van der Waals surface area contributed by atoms with Crippen molar-refractivity contribution in [1.29, 1.82) is 0 Å². The Kier molecular flexibility index (Phi) is 3.32. The zero-order chi connectivity index (χ0) is 12.4. The molecule has 0 aromatic heterocycles. The van der Waals surface area contributed by atoms with Crippen LogP contribution in [0.2, 0.25) is 0 Å². The average molecular weight is 230 g/mol. The molecule has 1 aromatic rings. The van der Waals surface area contributed by atoms with Crippen molar-refractivity contribution in [2.45, 2.75) is 38.5 Å². The summed E-state index contributed by atoms with van der Waals surface area (Å²) in [6.07, 6.45) is 2.43. The Bertz CT molecular complexity index is 440. The van der Waals surface area contributed by atoms with Gasteiger partial charge in [0.05, 0.1) is 5.76 Å². The van der Waals surface area contributed by atoms with Gasteiger partial charge in [0.1, 0.15) is 0 Å². The van der Waals surface area contributed by atoms with Crippen molar-refractivity contribution < 1.29 is 9.90 Å². The van der Waals surface area contributed by atoms with Gasteiger partial charge in [-0.1, -0.05) is 38.1 Å². The molecule has 1 atom stereocenters. The maximum Gasteiger partial charge on any atom is 0.159 e. The van der Waals surface area contributed by atoms with Crippen LogP contribution in [0, 0.1) is 0 Å². The molecular formula is C15H18O2. The summed E-state index contributed by atoms with van der Waals surface area (Å²) in [5.74, 6) is 0.880. The van der Waals surface area contributed by atoms with E-state index < -0.39 is 0 Å². The Hall–Kier alpha value is -1.57. The summed E-state index contributed by atoms with van der Waals surface area (Å²) in [6, 6.07) is 8.37. The molecule has 1 N–H and O–H groups in total. The number of aliphatic hydroxyl groups is 1. The fourth-order valence-corrected chi connectivity index (χ4v) is 2.26. The highest BCUT2D eigenvalue weighted by molar-refractivity contribution is 5.91. The van der Waals surface area contributed by atoms with Gasteiger partial charge in [-0.15, -0.1) is 0 Å². The monoisotopic (exact) mass is 230 g/mol. The first-order valence-corrected chi connectivity index (χ1v) is 6.08. The topological polar surface area (TPSA) is 37.3 Å². The van der Waals surface area contributed by atoms with Crippen LogP contribution in [0.4, 0.5) is 0 Å². The van der Waals surface area contributed by atoms with Gasteiger partial charge >= 0.3 is 0 Å². The highest BCUT2D eigenvalue weighted by atomic mass is 16.3. The predicted molar refractivity (Wildman–Crippen MR) is 68.2 cm³/mol. The van der Waals surface area contributed by atoms with Gasteiger partial charge in [-0.3, -0.25) is 4.79 Å². The van der Waals surface area contributed by atoms with Crippen molar-refractivity contribution in [3.63, 3.8) is 0 Å². The van der Waals surface area contributed by atoms with Crippen LogP contribution in [0.15, 0.2) is 36.1 Å². The molecule has 90 valence electrons. The zero-order valence-electron chi connectivity index (χ0n) is 10.3. The lowest BCUT2D eigenvalue weighted by molar-refractivity contribution is -0.115. The van der Waals surface area contributed by atoms with Crippen molar-refractivity contribution in [1.82, 2.24) is 0 Å². The largest absolute Gasteiger partial charge is 0.512 e. The van der Waals surface area contributed by atoms with E-state index in [1.165, 1.54) is 11.6 Å². The van der Waals surface area contributed by atoms with Crippen LogP contribution in [-0.2, 0) is 4.79 Å². The minimum absolute atomic E-state index is 0.0201. The van der Waals surface area contributed by atoms with Crippen molar-refractivity contribution in [3.8, 4) is 0 Å². The Morgan fingerprint density at radius 2 is 1.82 bits per heavy atom. The second kappa shape index (κ2) is 4.74. The molecule has 1 aliphatic rings. The van der Waals surface area contributed by atoms with E-state index in [9.17, 15) is 9.90 Å². The van der Waals surface area contributed by atoms with Crippen LogP contribution in [-0.4, -0.2) is 10.9 Å². The number of aliphatic hydroxyl groups excluding tert-OH is 1. The van der Waals surface area contributed by atoms with E-state index in [1.54, 1.807) is 0 Å². The minimum Gasteiger partial charge on any atom is -0.512 e. The predicted octanol–water partition coefficient (Wildman–Crippen LogP) is 3.70. The first-order valence-electron chi connectivity index (χ1n) is 6.08. The van der Waals surface area contributed by atoms with Crippen molar-refractivity contribution in [3.05, 3.63) is 47.2 Å². The standard InChI is InChI=1S/C15H18O2/c1-10(2)11-3-5-12(6-4-11)13-7-14(16)9-15(17)8-13/h3-6,9-10,13,16H,7-8H2,1-2H3/t13-/m0/s1. The quantitative estimate of drug-likeness (QED) is 0.841. The van der Waals surface area contributed by atoms with E-state index >= 15 is 0 Å². The van der Waals surface area contributed by atoms with Crippen molar-refractivity contribution in [2.75, 3.05) is 0 Å². The Morgan fingerprint density at radius 1 is 1.18 bits per heavy atom. The number of rotatable bonds is 2. The fraction of sp³-hybridized carbons (Fsp3) is 0.400. The van der Waals surface area contributed by atoms with E-state index in [0.717, 1.165) is 5.56 Å². The molecule has 1 aromatic carbocycles. The normalized spacial score (nSPS) is 20.5. The van der Waals surface area contributed by atoms with E-state index in [4.69, 9.17) is 0 Å². The molecule has 2 heteroatoms. The molecule has 2 rings (SSSR count). The molecule has 0 saturated heterocycles. The maximum absolute atomic E-state index is 11.4. The summed E-state index contributed by atoms with van der Waals surface area (Å²) in [4.78, 5) is 11.4. The van der Waals surface area contributed by atoms with Crippen LogP contribution in [0.3, 0.4) is 0 Å². The zero-order valence-corrected chi connectivity index (χ0v) is 10.3. The molecule has 0 radical (unpaired) electrons. The van der Waals surface area contributed by atoms with Gasteiger partial charge in [-0.25, -0.2) is 0 Å². The Labute approximate surface area is 102 Å². The van der Waals surface area contributed by atoms with E-state index in [2.05, 4.69) is 38.1 Å². The SMILES string of the molecule is CC(C)c1ccc([C@@H]2CC(=O)C=C(O)C2)cc1. The van der Waals surface area contributed by atoms with Crippen LogP contribution in [0.1, 0.15) is 49.7 Å². The van der Waals surface area contributed by atoms with Gasteiger partial charge in [0.2, 0.25) is 0 Å². The number of benzene rings is 1. The second-order valence-corrected chi connectivity index (χ2v) is 5.03. The summed E-state index contributed by atoms with van der Waals surface area (Å²) < 4.78 is 0. The molecule has 2 nitrogen and oxygen atoms in total. The number of hydrogen-bond acceptors (Lipinski definition) is 2. The molecule has 0 spiro atoms. The van der Waals surface area contributed by atoms with Crippen molar-refractivity contribution in [2.24, 2.45) is 0 Å². The third kappa shape index (κ3) is 2.76. The number of allylic oxidation sites excluding steroid dienone is 2. The summed E-state index contributed by atoms with van der Waals surface area (Å²) in [5, 5.41) is 9.49. The lowest BCUT2D eigenvalue weighted by Crippen LogP contribution is -2.12. The van der Waals surface area contributed by atoms with Gasteiger partial charge in [0, 0.05) is 18.9 Å². The van der Waals surface area contributed by atoms with E-state index in [-0.39, 0.29) is 17.5 Å². The molecule has 0 unspecified atom stereocenters. The first kappa shape index (κ1) is 11.9. The molecule has 0 amide bonds. The summed E-state index contributed by atoms with van der Waals surface area (Å²) in [7, 11) is 0. The number of carbonyl (C=O) groups excluding carboxylic acids is 1. The molecule has 0 fully saturated rings. The highest BCUT2D eigenvalue weighted by Crippen LogP contribution is 2.31. The molecule has 0 aliphatic heterocycles. The number of carbonyl (C=O) groups is 1. The summed E-state index contributed by atoms with van der Waals surface area (Å²) >= 11 is 0. The molecule has 0 heterocycles. The van der Waals surface area contributed by atoms with Crippen LogP contribution < -0.4 is 0 Å². The van der Waals surface area contributed by atoms with Gasteiger partial charge in [0.15, 0.2) is 5.78 Å². The molecule has 0 bridgehead atoms. The first-order chi connectivity index (χ1) is 8.06. The maximum atomic E-state index is 11.4. The Balaban J connectivity index is 2.18. The molecule has 0 saturated carbocycles. The number of ketones is 1. The third-order valence-electron chi connectivity index (χ3n) is 3.31. The van der Waals surface area contributed by atoms with Crippen LogP contribution in [0.25, 0.3) is 0 Å². The van der Waals surface area contributed by atoms with Crippen LogP contribution in [0.5, 0.6) is 0 Å². The lowest BCUT2D eigenvalue weighted by Gasteiger charge is -2.20.